The first-order chi connectivity index (χ1) is 16.7. The molecule has 0 saturated heterocycles. The molecular weight excluding hydrogens is 514 g/mol. The zero-order valence-electron chi connectivity index (χ0n) is 18.5. The van der Waals surface area contributed by atoms with Crippen molar-refractivity contribution in [2.45, 2.75) is 32.0 Å². The number of aromatic nitrogens is 2. The Hall–Kier alpha value is -2.41. The van der Waals surface area contributed by atoms with Crippen LogP contribution in [0, 0.1) is 11.8 Å². The molecule has 0 aliphatic heterocycles. The molecule has 2 aromatic heterocycles. The summed E-state index contributed by atoms with van der Waals surface area (Å²) in [6, 6.07) is 8.95. The molecule has 1 fully saturated rings. The number of halogens is 1. The molecule has 0 amide bonds. The molecule has 3 N–H and O–H groups in total. The van der Waals surface area contributed by atoms with Crippen molar-refractivity contribution in [2.75, 3.05) is 6.61 Å². The Balaban J connectivity index is 1.41. The zero-order valence-corrected chi connectivity index (χ0v) is 20.9. The zero-order chi connectivity index (χ0) is 25.0. The van der Waals surface area contributed by atoms with Gasteiger partial charge in [0, 0.05) is 17.7 Å². The molecule has 3 aromatic rings. The van der Waals surface area contributed by atoms with Gasteiger partial charge in [0.1, 0.15) is 18.7 Å². The lowest BCUT2D eigenvalue weighted by molar-refractivity contribution is 0.100. The summed E-state index contributed by atoms with van der Waals surface area (Å²) in [5, 5.41) is 17.6. The van der Waals surface area contributed by atoms with Crippen molar-refractivity contribution in [3.05, 3.63) is 75.0 Å². The standard InChI is InChI=1S/C23H24ClN3O6S2/c24-18-3-1-2-4-21(18)32-10-15-8-22(34-12-15)23(29)17-9-26-13-27-19(17)6-14-5-16(20(28)7-14)11-33-35(25,30)31/h1-4,8-9,12-14,16,20,28H,5-7,10-11H2,(H2,25,30,31)/t14-,16+,20-/m0/s1. The Morgan fingerprint density at radius 2 is 2.09 bits per heavy atom. The fourth-order valence-electron chi connectivity index (χ4n) is 4.15. The molecule has 3 atom stereocenters. The summed E-state index contributed by atoms with van der Waals surface area (Å²) in [5.74, 6) is 0.0153. The van der Waals surface area contributed by atoms with Gasteiger partial charge in [0.25, 0.3) is 0 Å². The van der Waals surface area contributed by atoms with Crippen LogP contribution >= 0.6 is 22.9 Å². The highest BCUT2D eigenvalue weighted by Crippen LogP contribution is 2.34. The van der Waals surface area contributed by atoms with Gasteiger partial charge in [-0.3, -0.25) is 8.98 Å². The van der Waals surface area contributed by atoms with Crippen molar-refractivity contribution in [2.24, 2.45) is 17.0 Å². The van der Waals surface area contributed by atoms with Gasteiger partial charge in [-0.2, -0.15) is 8.42 Å². The molecule has 2 heterocycles. The first kappa shape index (κ1) is 25.7. The molecule has 35 heavy (non-hydrogen) atoms. The average Bonchev–Trinajstić information content (AvgIpc) is 3.43. The third-order valence-corrected chi connectivity index (χ3v) is 7.59. The average molecular weight is 538 g/mol. The lowest BCUT2D eigenvalue weighted by atomic mass is 9.96. The fraction of sp³-hybridized carbons (Fsp3) is 0.348. The third kappa shape index (κ3) is 6.84. The van der Waals surface area contributed by atoms with Gasteiger partial charge >= 0.3 is 10.3 Å². The second-order valence-electron chi connectivity index (χ2n) is 8.40. The number of benzene rings is 1. The predicted octanol–water partition coefficient (Wildman–Crippen LogP) is 3.15. The van der Waals surface area contributed by atoms with E-state index in [2.05, 4.69) is 14.2 Å². The quantitative estimate of drug-likeness (QED) is 0.376. The van der Waals surface area contributed by atoms with E-state index in [9.17, 15) is 18.3 Å². The Morgan fingerprint density at radius 1 is 1.29 bits per heavy atom. The maximum atomic E-state index is 13.2. The van der Waals surface area contributed by atoms with Crippen LogP contribution in [0.4, 0.5) is 0 Å². The molecule has 1 saturated carbocycles. The van der Waals surface area contributed by atoms with Crippen LogP contribution in [0.15, 0.2) is 48.2 Å². The summed E-state index contributed by atoms with van der Waals surface area (Å²) in [4.78, 5) is 22.1. The van der Waals surface area contributed by atoms with Crippen LogP contribution in [0.25, 0.3) is 0 Å². The topological polar surface area (TPSA) is 142 Å². The molecule has 12 heteroatoms. The van der Waals surface area contributed by atoms with Gasteiger partial charge in [0.05, 0.1) is 33.9 Å². The van der Waals surface area contributed by atoms with Crippen LogP contribution in [0.5, 0.6) is 5.75 Å². The molecule has 0 bridgehead atoms. The van der Waals surface area contributed by atoms with Crippen LogP contribution in [0.2, 0.25) is 5.02 Å². The number of carbonyl (C=O) groups excluding carboxylic acids is 1. The van der Waals surface area contributed by atoms with Crippen molar-refractivity contribution in [3.8, 4) is 5.75 Å². The summed E-state index contributed by atoms with van der Waals surface area (Å²) < 4.78 is 32.5. The van der Waals surface area contributed by atoms with Crippen LogP contribution in [0.3, 0.4) is 0 Å². The van der Waals surface area contributed by atoms with Crippen molar-refractivity contribution < 1.29 is 27.2 Å². The molecule has 9 nitrogen and oxygen atoms in total. The lowest BCUT2D eigenvalue weighted by Crippen LogP contribution is -2.24. The number of hydrogen-bond acceptors (Lipinski definition) is 9. The molecule has 0 radical (unpaired) electrons. The number of nitrogens with zero attached hydrogens (tertiary/aromatic N) is 2. The number of ether oxygens (including phenoxy) is 1. The molecule has 0 unspecified atom stereocenters. The predicted molar refractivity (Wildman–Crippen MR) is 131 cm³/mol. The van der Waals surface area contributed by atoms with Crippen LogP contribution in [-0.2, 0) is 27.5 Å². The molecule has 4 rings (SSSR count). The summed E-state index contributed by atoms with van der Waals surface area (Å²) in [5.41, 5.74) is 1.82. The first-order valence-electron chi connectivity index (χ1n) is 10.8. The summed E-state index contributed by atoms with van der Waals surface area (Å²) >= 11 is 7.43. The van der Waals surface area contributed by atoms with Crippen LogP contribution < -0.4 is 9.88 Å². The number of para-hydroxylation sites is 1. The van der Waals surface area contributed by atoms with Crippen molar-refractivity contribution in [1.82, 2.24) is 9.97 Å². The number of thiophene rings is 1. The number of carbonyl (C=O) groups is 1. The van der Waals surface area contributed by atoms with Crippen molar-refractivity contribution >= 4 is 39.0 Å². The highest BCUT2D eigenvalue weighted by Gasteiger charge is 2.35. The second-order valence-corrected chi connectivity index (χ2v) is 10.9. The number of nitrogens with two attached hydrogens (primary N) is 1. The van der Waals surface area contributed by atoms with E-state index in [1.54, 1.807) is 18.2 Å². The van der Waals surface area contributed by atoms with E-state index >= 15 is 0 Å². The van der Waals surface area contributed by atoms with Gasteiger partial charge < -0.3 is 9.84 Å². The van der Waals surface area contributed by atoms with E-state index in [-0.39, 0.29) is 30.8 Å². The van der Waals surface area contributed by atoms with E-state index in [0.29, 0.717) is 46.2 Å². The molecule has 1 aliphatic carbocycles. The highest BCUT2D eigenvalue weighted by molar-refractivity contribution is 7.84. The SMILES string of the molecule is NS(=O)(=O)OC[C@H]1C[C@@H](Cc2ncncc2C(=O)c2cc(COc3ccccc3Cl)cs2)C[C@@H]1O. The maximum absolute atomic E-state index is 13.2. The van der Waals surface area contributed by atoms with Crippen molar-refractivity contribution in [1.29, 1.82) is 0 Å². The number of aliphatic hydroxyl groups is 1. The Labute approximate surface area is 212 Å². The van der Waals surface area contributed by atoms with E-state index in [1.165, 1.54) is 23.9 Å². The maximum Gasteiger partial charge on any atom is 0.333 e. The highest BCUT2D eigenvalue weighted by atomic mass is 35.5. The monoisotopic (exact) mass is 537 g/mol. The van der Waals surface area contributed by atoms with Gasteiger partial charge in [0.2, 0.25) is 5.78 Å². The number of aliphatic hydroxyl groups excluding tert-OH is 1. The van der Waals surface area contributed by atoms with Gasteiger partial charge in [-0.25, -0.2) is 15.1 Å². The van der Waals surface area contributed by atoms with Gasteiger partial charge in [0.15, 0.2) is 0 Å². The van der Waals surface area contributed by atoms with Gasteiger partial charge in [-0.05, 0) is 48.8 Å². The first-order valence-corrected chi connectivity index (χ1v) is 13.6. The fourth-order valence-corrected chi connectivity index (χ4v) is 5.56. The van der Waals surface area contributed by atoms with E-state index < -0.39 is 16.4 Å². The summed E-state index contributed by atoms with van der Waals surface area (Å²) in [6.45, 7) is 0.0912. The van der Waals surface area contributed by atoms with Crippen LogP contribution in [0.1, 0.15) is 39.3 Å². The van der Waals surface area contributed by atoms with E-state index in [0.717, 1.165) is 5.56 Å². The van der Waals surface area contributed by atoms with Crippen LogP contribution in [-0.4, -0.2) is 42.0 Å². The van der Waals surface area contributed by atoms with Gasteiger partial charge in [-0.1, -0.05) is 23.7 Å². The van der Waals surface area contributed by atoms with Gasteiger partial charge in [-0.15, -0.1) is 11.3 Å². The Kier molecular flexibility index (Phi) is 8.15. The minimum atomic E-state index is -4.07. The lowest BCUT2D eigenvalue weighted by Gasteiger charge is -2.13. The Morgan fingerprint density at radius 3 is 2.86 bits per heavy atom. The largest absolute Gasteiger partial charge is 0.487 e. The van der Waals surface area contributed by atoms with E-state index in [4.69, 9.17) is 21.5 Å². The number of rotatable bonds is 10. The molecule has 1 aliphatic rings. The normalized spacial score (nSPS) is 20.1. The summed E-state index contributed by atoms with van der Waals surface area (Å²) in [6.07, 6.45) is 3.57. The minimum absolute atomic E-state index is 0.00319. The molecule has 1 aromatic carbocycles. The molecule has 0 spiro atoms. The smallest absolute Gasteiger partial charge is 0.333 e. The van der Waals surface area contributed by atoms with Crippen molar-refractivity contribution in [3.63, 3.8) is 0 Å². The van der Waals surface area contributed by atoms with E-state index in [1.807, 2.05) is 17.5 Å². The number of ketones is 1. The minimum Gasteiger partial charge on any atom is -0.487 e. The summed E-state index contributed by atoms with van der Waals surface area (Å²) in [7, 11) is -4.07. The molecule has 186 valence electrons. The number of hydrogen-bond donors (Lipinski definition) is 2. The third-order valence-electron chi connectivity index (χ3n) is 5.83. The Bertz CT molecular complexity index is 1300. The second kappa shape index (κ2) is 11.1. The molecular formula is C23H24ClN3O6S2.